The minimum absolute atomic E-state index is 0.0766. The van der Waals surface area contributed by atoms with Crippen LogP contribution >= 0.6 is 11.6 Å². The number of carbonyl (C=O) groups is 1. The summed E-state index contributed by atoms with van der Waals surface area (Å²) in [5.74, 6) is 1.54. The van der Waals surface area contributed by atoms with Gasteiger partial charge in [-0.1, -0.05) is 17.7 Å². The Hall–Kier alpha value is -2.40. The number of rotatable bonds is 6. The van der Waals surface area contributed by atoms with Gasteiger partial charge in [-0.15, -0.1) is 0 Å². The highest BCUT2D eigenvalue weighted by Gasteiger charge is 2.54. The van der Waals surface area contributed by atoms with Crippen LogP contribution in [-0.4, -0.2) is 30.5 Å². The molecule has 0 spiro atoms. The molecule has 6 heteroatoms. The summed E-state index contributed by atoms with van der Waals surface area (Å²) in [7, 11) is 0. The van der Waals surface area contributed by atoms with E-state index >= 15 is 0 Å². The van der Waals surface area contributed by atoms with Gasteiger partial charge in [-0.25, -0.2) is 4.39 Å². The number of benzene rings is 1. The Kier molecular flexibility index (Phi) is 5.12. The van der Waals surface area contributed by atoms with Gasteiger partial charge in [0, 0.05) is 43.8 Å². The van der Waals surface area contributed by atoms with Gasteiger partial charge in [-0.3, -0.25) is 9.78 Å². The van der Waals surface area contributed by atoms with E-state index in [1.165, 1.54) is 6.07 Å². The molecule has 2 aromatic rings. The predicted octanol–water partition coefficient (Wildman–Crippen LogP) is 3.78. The lowest BCUT2D eigenvalue weighted by Crippen LogP contribution is -2.26. The first-order valence-corrected chi connectivity index (χ1v) is 9.55. The second-order valence-electron chi connectivity index (χ2n) is 7.19. The molecule has 1 aliphatic heterocycles. The smallest absolute Gasteiger partial charge is 0.244 e. The highest BCUT2D eigenvalue weighted by atomic mass is 35.5. The van der Waals surface area contributed by atoms with E-state index in [9.17, 15) is 9.18 Å². The molecule has 2 aliphatic rings. The average Bonchev–Trinajstić information content (AvgIpc) is 3.12. The number of pyridine rings is 1. The second-order valence-corrected chi connectivity index (χ2v) is 7.60. The van der Waals surface area contributed by atoms with Crippen molar-refractivity contribution in [3.05, 3.63) is 65.2 Å². The number of amides is 1. The summed E-state index contributed by atoms with van der Waals surface area (Å²) < 4.78 is 13.3. The van der Waals surface area contributed by atoms with Gasteiger partial charge >= 0.3 is 0 Å². The van der Waals surface area contributed by atoms with Gasteiger partial charge in [-0.2, -0.15) is 0 Å². The van der Waals surface area contributed by atoms with Crippen LogP contribution in [-0.2, 0) is 4.79 Å². The molecule has 2 fully saturated rings. The Balaban J connectivity index is 1.19. The van der Waals surface area contributed by atoms with Gasteiger partial charge in [0.1, 0.15) is 5.82 Å². The summed E-state index contributed by atoms with van der Waals surface area (Å²) in [4.78, 5) is 18.2. The Morgan fingerprint density at radius 2 is 2.15 bits per heavy atom. The van der Waals surface area contributed by atoms with Crippen molar-refractivity contribution < 1.29 is 9.18 Å². The van der Waals surface area contributed by atoms with Gasteiger partial charge in [0.25, 0.3) is 0 Å². The van der Waals surface area contributed by atoms with Crippen molar-refractivity contribution >= 4 is 29.3 Å². The van der Waals surface area contributed by atoms with Crippen LogP contribution in [0.25, 0.3) is 6.08 Å². The number of piperidine rings is 1. The van der Waals surface area contributed by atoms with E-state index in [0.29, 0.717) is 24.3 Å². The maximum Gasteiger partial charge on any atom is 0.244 e. The lowest BCUT2D eigenvalue weighted by Gasteiger charge is -2.22. The normalized spacial score (nSPS) is 23.5. The fraction of sp³-hybridized carbons (Fsp3) is 0.333. The van der Waals surface area contributed by atoms with Crippen molar-refractivity contribution in [1.82, 2.24) is 10.3 Å². The standard InChI is InChI=1S/C21H21ClFN3O/c22-19-10-15(4-5-20(19)23)26-12-17-16(18(17)13-26)7-9-25-21(27)6-3-14-2-1-8-24-11-14/h1-6,8,10-11,16-18H,7,9,12-13H2,(H,25,27)/b6-3+/t16-,17-,18+. The highest BCUT2D eigenvalue weighted by molar-refractivity contribution is 6.31. The zero-order valence-electron chi connectivity index (χ0n) is 14.8. The number of aromatic nitrogens is 1. The van der Waals surface area contributed by atoms with Crippen molar-refractivity contribution in [3.63, 3.8) is 0 Å². The van der Waals surface area contributed by atoms with Crippen LogP contribution in [0.5, 0.6) is 0 Å². The summed E-state index contributed by atoms with van der Waals surface area (Å²) in [6, 6.07) is 8.66. The first kappa shape index (κ1) is 18.0. The Bertz CT molecular complexity index is 846. The molecule has 1 amide bonds. The van der Waals surface area contributed by atoms with Gasteiger partial charge in [0.15, 0.2) is 0 Å². The zero-order chi connectivity index (χ0) is 18.8. The molecule has 3 atom stereocenters. The molecule has 0 bridgehead atoms. The minimum Gasteiger partial charge on any atom is -0.371 e. The summed E-state index contributed by atoms with van der Waals surface area (Å²) in [5.41, 5.74) is 1.89. The number of carbonyl (C=O) groups excluding carboxylic acids is 1. The van der Waals surface area contributed by atoms with Gasteiger partial charge in [-0.05, 0) is 60.1 Å². The lowest BCUT2D eigenvalue weighted by atomic mass is 10.2. The van der Waals surface area contributed by atoms with Crippen molar-refractivity contribution in [2.24, 2.45) is 17.8 Å². The molecule has 1 N–H and O–H groups in total. The number of nitrogens with one attached hydrogen (secondary N) is 1. The summed E-state index contributed by atoms with van der Waals surface area (Å²) in [6.45, 7) is 2.65. The maximum absolute atomic E-state index is 13.3. The average molecular weight is 386 g/mol. The van der Waals surface area contributed by atoms with E-state index < -0.39 is 0 Å². The summed E-state index contributed by atoms with van der Waals surface area (Å²) in [5, 5.41) is 3.12. The van der Waals surface area contributed by atoms with Crippen molar-refractivity contribution in [3.8, 4) is 0 Å². The number of halogens is 2. The molecule has 1 aromatic heterocycles. The Morgan fingerprint density at radius 3 is 2.85 bits per heavy atom. The molecule has 1 saturated heterocycles. The van der Waals surface area contributed by atoms with Gasteiger partial charge < -0.3 is 10.2 Å². The summed E-state index contributed by atoms with van der Waals surface area (Å²) in [6.07, 6.45) is 7.73. The molecule has 1 aromatic carbocycles. The number of hydrogen-bond donors (Lipinski definition) is 1. The van der Waals surface area contributed by atoms with E-state index in [1.54, 1.807) is 36.7 Å². The monoisotopic (exact) mass is 385 g/mol. The van der Waals surface area contributed by atoms with Crippen LogP contribution in [0.1, 0.15) is 12.0 Å². The lowest BCUT2D eigenvalue weighted by molar-refractivity contribution is -0.116. The quantitative estimate of drug-likeness (QED) is 0.770. The first-order valence-electron chi connectivity index (χ1n) is 9.18. The van der Waals surface area contributed by atoms with Crippen molar-refractivity contribution in [2.75, 3.05) is 24.5 Å². The molecular weight excluding hydrogens is 365 g/mol. The van der Waals surface area contributed by atoms with E-state index in [4.69, 9.17) is 11.6 Å². The molecular formula is C21H21ClFN3O. The van der Waals surface area contributed by atoms with Crippen LogP contribution < -0.4 is 10.2 Å². The van der Waals surface area contributed by atoms with Crippen LogP contribution in [0.15, 0.2) is 48.8 Å². The predicted molar refractivity (Wildman–Crippen MR) is 105 cm³/mol. The van der Waals surface area contributed by atoms with Crippen LogP contribution in [0.2, 0.25) is 5.02 Å². The molecule has 1 saturated carbocycles. The van der Waals surface area contributed by atoms with Crippen molar-refractivity contribution in [2.45, 2.75) is 6.42 Å². The van der Waals surface area contributed by atoms with Crippen LogP contribution in [0, 0.1) is 23.6 Å². The topological polar surface area (TPSA) is 45.2 Å². The molecule has 2 heterocycles. The van der Waals surface area contributed by atoms with E-state index in [0.717, 1.165) is 30.8 Å². The zero-order valence-corrected chi connectivity index (χ0v) is 15.6. The third-order valence-corrected chi connectivity index (χ3v) is 5.82. The number of hydrogen-bond acceptors (Lipinski definition) is 3. The number of anilines is 1. The van der Waals surface area contributed by atoms with Crippen LogP contribution in [0.4, 0.5) is 10.1 Å². The summed E-state index contributed by atoms with van der Waals surface area (Å²) >= 11 is 5.88. The van der Waals surface area contributed by atoms with Crippen LogP contribution in [0.3, 0.4) is 0 Å². The maximum atomic E-state index is 13.3. The highest BCUT2D eigenvalue weighted by Crippen LogP contribution is 2.54. The molecule has 1 aliphatic carbocycles. The molecule has 4 nitrogen and oxygen atoms in total. The second kappa shape index (κ2) is 7.69. The molecule has 4 rings (SSSR count). The van der Waals surface area contributed by atoms with Crippen molar-refractivity contribution in [1.29, 1.82) is 0 Å². The molecule has 0 unspecified atom stereocenters. The SMILES string of the molecule is O=C(/C=C/c1cccnc1)NCC[C@@H]1[C@H]2CN(c3ccc(F)c(Cl)c3)C[C@@H]12. The van der Waals surface area contributed by atoms with Gasteiger partial charge in [0.05, 0.1) is 5.02 Å². The first-order chi connectivity index (χ1) is 13.1. The van der Waals surface area contributed by atoms with E-state index in [-0.39, 0.29) is 16.7 Å². The fourth-order valence-corrected chi connectivity index (χ4v) is 4.21. The number of nitrogens with zero attached hydrogens (tertiary/aromatic N) is 2. The third-order valence-electron chi connectivity index (χ3n) is 5.53. The largest absolute Gasteiger partial charge is 0.371 e. The van der Waals surface area contributed by atoms with E-state index in [2.05, 4.69) is 15.2 Å². The van der Waals surface area contributed by atoms with E-state index in [1.807, 2.05) is 12.1 Å². The molecule has 140 valence electrons. The Labute approximate surface area is 163 Å². The number of fused-ring (bicyclic) bond motifs is 1. The minimum atomic E-state index is -0.379. The Morgan fingerprint density at radius 1 is 1.33 bits per heavy atom. The van der Waals surface area contributed by atoms with Gasteiger partial charge in [0.2, 0.25) is 5.91 Å². The molecule has 0 radical (unpaired) electrons. The fourth-order valence-electron chi connectivity index (χ4n) is 4.04. The molecule has 27 heavy (non-hydrogen) atoms. The third kappa shape index (κ3) is 4.14.